The van der Waals surface area contributed by atoms with Crippen LogP contribution >= 0.6 is 0 Å². The van der Waals surface area contributed by atoms with Gasteiger partial charge in [-0.05, 0) is 57.8 Å². The molecule has 1 aromatic heterocycles. The lowest BCUT2D eigenvalue weighted by Crippen LogP contribution is -2.60. The van der Waals surface area contributed by atoms with Crippen molar-refractivity contribution in [3.05, 3.63) is 23.4 Å². The van der Waals surface area contributed by atoms with E-state index in [9.17, 15) is 4.79 Å². The van der Waals surface area contributed by atoms with Crippen molar-refractivity contribution in [2.75, 3.05) is 38.5 Å². The minimum absolute atomic E-state index is 0.0943. The average molecular weight is 346 g/mol. The fraction of sp³-hybridized carbons (Fsp3) is 0.684. The van der Waals surface area contributed by atoms with E-state index in [1.807, 2.05) is 14.0 Å². The van der Waals surface area contributed by atoms with Crippen LogP contribution in [0, 0.1) is 0 Å². The molecular weight excluding hydrogens is 316 g/mol. The van der Waals surface area contributed by atoms with Gasteiger partial charge in [0.15, 0.2) is 0 Å². The molecule has 1 aromatic rings. The number of hydrogen-bond donors (Lipinski definition) is 2. The van der Waals surface area contributed by atoms with Gasteiger partial charge in [-0.3, -0.25) is 9.69 Å². The second kappa shape index (κ2) is 8.15. The molecule has 1 saturated heterocycles. The van der Waals surface area contributed by atoms with E-state index in [4.69, 9.17) is 10.1 Å². The molecule has 1 atom stereocenters. The first-order valence-electron chi connectivity index (χ1n) is 9.41. The van der Waals surface area contributed by atoms with Crippen LogP contribution in [0.25, 0.3) is 0 Å². The van der Waals surface area contributed by atoms with Crippen LogP contribution in [0.4, 0.5) is 5.82 Å². The van der Waals surface area contributed by atoms with E-state index >= 15 is 0 Å². The Morgan fingerprint density at radius 2 is 2.28 bits per heavy atom. The molecule has 0 unspecified atom stereocenters. The van der Waals surface area contributed by atoms with Crippen molar-refractivity contribution >= 4 is 11.8 Å². The minimum atomic E-state index is -0.720. The molecular formula is C19H30N4O2. The number of anilines is 1. The van der Waals surface area contributed by atoms with Crippen LogP contribution in [0.3, 0.4) is 0 Å². The number of pyridine rings is 1. The first-order valence-corrected chi connectivity index (χ1v) is 9.41. The van der Waals surface area contributed by atoms with E-state index in [0.717, 1.165) is 51.3 Å². The predicted molar refractivity (Wildman–Crippen MR) is 99.1 cm³/mol. The number of aryl methyl sites for hydroxylation is 2. The number of carbonyl (C=O) groups is 1. The second-order valence-corrected chi connectivity index (χ2v) is 7.47. The van der Waals surface area contributed by atoms with Crippen molar-refractivity contribution in [3.63, 3.8) is 0 Å². The molecule has 0 aromatic carbocycles. The monoisotopic (exact) mass is 346 g/mol. The van der Waals surface area contributed by atoms with E-state index in [1.54, 1.807) is 0 Å². The highest BCUT2D eigenvalue weighted by Crippen LogP contribution is 2.21. The molecule has 3 heterocycles. The molecule has 25 heavy (non-hydrogen) atoms. The van der Waals surface area contributed by atoms with Crippen molar-refractivity contribution in [2.45, 2.75) is 51.1 Å². The molecule has 0 spiro atoms. The Morgan fingerprint density at radius 1 is 1.48 bits per heavy atom. The summed E-state index contributed by atoms with van der Waals surface area (Å²) in [5.74, 6) is 0.365. The summed E-state index contributed by atoms with van der Waals surface area (Å²) in [5.41, 5.74) is 2.52. The standard InChI is InChI=1S/C19H30N4O2/c1-14(11-18(24)25)22(2)17-12-23(13-17)10-4-6-16-8-7-15-5-3-9-20-19(15)21-16/h7-8,14,17H,3-6,9-13H2,1-2H3,(H,20,21)(H,24,25)/t14-/m1/s1. The quantitative estimate of drug-likeness (QED) is 0.749. The molecule has 1 fully saturated rings. The summed E-state index contributed by atoms with van der Waals surface area (Å²) in [4.78, 5) is 20.2. The van der Waals surface area contributed by atoms with Gasteiger partial charge in [0.1, 0.15) is 5.82 Å². The molecule has 2 N–H and O–H groups in total. The summed E-state index contributed by atoms with van der Waals surface area (Å²) in [6.07, 6.45) is 4.68. The summed E-state index contributed by atoms with van der Waals surface area (Å²) in [6.45, 7) is 6.20. The summed E-state index contributed by atoms with van der Waals surface area (Å²) in [6, 6.07) is 4.98. The van der Waals surface area contributed by atoms with Gasteiger partial charge in [0.05, 0.1) is 6.42 Å². The minimum Gasteiger partial charge on any atom is -0.481 e. The first kappa shape index (κ1) is 18.1. The van der Waals surface area contributed by atoms with Crippen LogP contribution in [-0.4, -0.2) is 71.2 Å². The summed E-state index contributed by atoms with van der Waals surface area (Å²) in [7, 11) is 2.04. The lowest BCUT2D eigenvalue weighted by molar-refractivity contribution is -0.138. The van der Waals surface area contributed by atoms with Gasteiger partial charge in [-0.2, -0.15) is 0 Å². The van der Waals surface area contributed by atoms with E-state index in [1.165, 1.54) is 17.7 Å². The van der Waals surface area contributed by atoms with Crippen molar-refractivity contribution in [2.24, 2.45) is 0 Å². The fourth-order valence-corrected chi connectivity index (χ4v) is 3.73. The number of likely N-dealkylation sites (tertiary alicyclic amines) is 1. The third kappa shape index (κ3) is 4.70. The highest BCUT2D eigenvalue weighted by atomic mass is 16.4. The molecule has 0 bridgehead atoms. The zero-order chi connectivity index (χ0) is 17.8. The maximum Gasteiger partial charge on any atom is 0.304 e. The van der Waals surface area contributed by atoms with Crippen LogP contribution < -0.4 is 5.32 Å². The van der Waals surface area contributed by atoms with E-state index in [0.29, 0.717) is 6.04 Å². The SMILES string of the molecule is C[C@H](CC(=O)O)N(C)C1CN(CCCc2ccc3c(n2)NCCC3)C1. The Hall–Kier alpha value is -1.66. The maximum atomic E-state index is 10.8. The highest BCUT2D eigenvalue weighted by molar-refractivity contribution is 5.67. The van der Waals surface area contributed by atoms with Crippen LogP contribution in [0.5, 0.6) is 0 Å². The summed E-state index contributed by atoms with van der Waals surface area (Å²) < 4.78 is 0. The molecule has 0 radical (unpaired) electrons. The van der Waals surface area contributed by atoms with Gasteiger partial charge in [-0.1, -0.05) is 6.07 Å². The number of likely N-dealkylation sites (N-methyl/N-ethyl adjacent to an activating group) is 1. The zero-order valence-corrected chi connectivity index (χ0v) is 15.4. The van der Waals surface area contributed by atoms with Crippen molar-refractivity contribution < 1.29 is 9.90 Å². The van der Waals surface area contributed by atoms with Crippen molar-refractivity contribution in [3.8, 4) is 0 Å². The third-order valence-corrected chi connectivity index (χ3v) is 5.54. The molecule has 2 aliphatic heterocycles. The first-order chi connectivity index (χ1) is 12.0. The van der Waals surface area contributed by atoms with Gasteiger partial charge in [0.2, 0.25) is 0 Å². The Bertz CT molecular complexity index is 601. The predicted octanol–water partition coefficient (Wildman–Crippen LogP) is 1.85. The van der Waals surface area contributed by atoms with E-state index < -0.39 is 5.97 Å². The molecule has 0 saturated carbocycles. The number of rotatable bonds is 8. The zero-order valence-electron chi connectivity index (χ0n) is 15.4. The number of carboxylic acid groups (broad SMARTS) is 1. The van der Waals surface area contributed by atoms with Gasteiger partial charge in [-0.25, -0.2) is 4.98 Å². The maximum absolute atomic E-state index is 10.8. The fourth-order valence-electron chi connectivity index (χ4n) is 3.73. The Labute approximate surface area is 150 Å². The number of nitrogens with zero attached hydrogens (tertiary/aromatic N) is 3. The Morgan fingerprint density at radius 3 is 3.04 bits per heavy atom. The average Bonchev–Trinajstić information content (AvgIpc) is 2.55. The van der Waals surface area contributed by atoms with Crippen LogP contribution in [0.2, 0.25) is 0 Å². The lowest BCUT2D eigenvalue weighted by Gasteiger charge is -2.46. The van der Waals surface area contributed by atoms with Gasteiger partial charge < -0.3 is 15.3 Å². The van der Waals surface area contributed by atoms with E-state index in [-0.39, 0.29) is 12.5 Å². The molecule has 2 aliphatic rings. The summed E-state index contributed by atoms with van der Waals surface area (Å²) in [5, 5.41) is 12.3. The van der Waals surface area contributed by atoms with Gasteiger partial charge in [-0.15, -0.1) is 0 Å². The van der Waals surface area contributed by atoms with Crippen LogP contribution in [0.1, 0.15) is 37.4 Å². The number of nitrogens with one attached hydrogen (secondary N) is 1. The van der Waals surface area contributed by atoms with Gasteiger partial charge in [0, 0.05) is 37.4 Å². The molecule has 0 amide bonds. The lowest BCUT2D eigenvalue weighted by atomic mass is 10.0. The molecule has 6 heteroatoms. The summed E-state index contributed by atoms with van der Waals surface area (Å²) >= 11 is 0. The Balaban J connectivity index is 1.36. The number of aromatic nitrogens is 1. The van der Waals surface area contributed by atoms with Crippen LogP contribution in [-0.2, 0) is 17.6 Å². The van der Waals surface area contributed by atoms with Gasteiger partial charge in [0.25, 0.3) is 0 Å². The second-order valence-electron chi connectivity index (χ2n) is 7.47. The topological polar surface area (TPSA) is 68.7 Å². The number of hydrogen-bond acceptors (Lipinski definition) is 5. The number of fused-ring (bicyclic) bond motifs is 1. The van der Waals surface area contributed by atoms with Crippen LogP contribution in [0.15, 0.2) is 12.1 Å². The Kier molecular flexibility index (Phi) is 5.91. The van der Waals surface area contributed by atoms with Gasteiger partial charge >= 0.3 is 5.97 Å². The number of carboxylic acids is 1. The largest absolute Gasteiger partial charge is 0.481 e. The third-order valence-electron chi connectivity index (χ3n) is 5.54. The number of aliphatic carboxylic acids is 1. The smallest absolute Gasteiger partial charge is 0.304 e. The molecule has 3 rings (SSSR count). The highest BCUT2D eigenvalue weighted by Gasteiger charge is 2.32. The van der Waals surface area contributed by atoms with Crippen molar-refractivity contribution in [1.29, 1.82) is 0 Å². The molecule has 6 nitrogen and oxygen atoms in total. The molecule has 138 valence electrons. The van der Waals surface area contributed by atoms with E-state index in [2.05, 4.69) is 27.2 Å². The molecule has 0 aliphatic carbocycles. The van der Waals surface area contributed by atoms with Crippen molar-refractivity contribution in [1.82, 2.24) is 14.8 Å². The normalized spacial score (nSPS) is 19.2.